The van der Waals surface area contributed by atoms with Gasteiger partial charge in [-0.2, -0.15) is 0 Å². The quantitative estimate of drug-likeness (QED) is 0.248. The molecule has 0 saturated heterocycles. The first-order valence-electron chi connectivity index (χ1n) is 12.1. The Morgan fingerprint density at radius 1 is 0.405 bits per heavy atom. The summed E-state index contributed by atoms with van der Waals surface area (Å²) >= 11 is 0. The molecule has 6 aromatic rings. The molecule has 1 heterocycles. The first-order valence-corrected chi connectivity index (χ1v) is 12.1. The third kappa shape index (κ3) is 5.14. The van der Waals surface area contributed by atoms with Crippen molar-refractivity contribution in [2.45, 2.75) is 0 Å². The highest BCUT2D eigenvalue weighted by Crippen LogP contribution is 2.35. The average Bonchev–Trinajstić information content (AvgIpc) is 3.41. The number of H-pyrrole nitrogens is 1. The van der Waals surface area contributed by atoms with Crippen LogP contribution in [0.15, 0.2) is 140 Å². The predicted octanol–water partition coefficient (Wildman–Crippen LogP) is 9.00. The lowest BCUT2D eigenvalue weighted by Gasteiger charge is -2.08. The van der Waals surface area contributed by atoms with Crippen molar-refractivity contribution < 1.29 is 9.47 Å². The molecular formula is C33H24N2O2. The predicted molar refractivity (Wildman–Crippen MR) is 148 cm³/mol. The molecule has 178 valence electrons. The van der Waals surface area contributed by atoms with Gasteiger partial charge in [0.1, 0.15) is 28.8 Å². The van der Waals surface area contributed by atoms with Crippen LogP contribution in [-0.2, 0) is 0 Å². The number of nitrogens with one attached hydrogen (secondary N) is 1. The molecule has 37 heavy (non-hydrogen) atoms. The summed E-state index contributed by atoms with van der Waals surface area (Å²) in [6, 6.07) is 45.8. The molecule has 0 unspecified atom stereocenters. The number of nitrogens with zero attached hydrogens (tertiary/aromatic N) is 1. The van der Waals surface area contributed by atoms with Crippen molar-refractivity contribution in [1.82, 2.24) is 9.97 Å². The zero-order chi connectivity index (χ0) is 24.9. The van der Waals surface area contributed by atoms with Gasteiger partial charge in [0.05, 0.1) is 11.4 Å². The van der Waals surface area contributed by atoms with E-state index in [0.717, 1.165) is 56.9 Å². The second-order valence-electron chi connectivity index (χ2n) is 8.55. The minimum atomic E-state index is 0.776. The molecule has 0 spiro atoms. The minimum absolute atomic E-state index is 0.776. The van der Waals surface area contributed by atoms with E-state index in [-0.39, 0.29) is 0 Å². The van der Waals surface area contributed by atoms with E-state index in [0.29, 0.717) is 0 Å². The average molecular weight is 481 g/mol. The highest BCUT2D eigenvalue weighted by molar-refractivity contribution is 5.81. The molecule has 6 rings (SSSR count). The van der Waals surface area contributed by atoms with Crippen LogP contribution in [0.2, 0.25) is 0 Å². The molecule has 0 bridgehead atoms. The van der Waals surface area contributed by atoms with Gasteiger partial charge in [0.2, 0.25) is 0 Å². The molecule has 4 heteroatoms. The number of imidazole rings is 1. The van der Waals surface area contributed by atoms with E-state index in [9.17, 15) is 0 Å². The van der Waals surface area contributed by atoms with Crippen LogP contribution in [0.4, 0.5) is 0 Å². The van der Waals surface area contributed by atoms with E-state index in [1.54, 1.807) is 0 Å². The van der Waals surface area contributed by atoms with Crippen LogP contribution in [0, 0.1) is 0 Å². The van der Waals surface area contributed by atoms with Crippen molar-refractivity contribution >= 4 is 0 Å². The Morgan fingerprint density at radius 2 is 0.838 bits per heavy atom. The van der Waals surface area contributed by atoms with E-state index in [4.69, 9.17) is 14.5 Å². The molecule has 1 N–H and O–H groups in total. The normalized spacial score (nSPS) is 10.7. The van der Waals surface area contributed by atoms with Crippen molar-refractivity contribution in [3.05, 3.63) is 140 Å². The van der Waals surface area contributed by atoms with E-state index < -0.39 is 0 Å². The van der Waals surface area contributed by atoms with Crippen LogP contribution in [0.3, 0.4) is 0 Å². The van der Waals surface area contributed by atoms with E-state index in [2.05, 4.69) is 29.2 Å². The molecule has 0 radical (unpaired) electrons. The summed E-state index contributed by atoms with van der Waals surface area (Å²) in [7, 11) is 0. The number of para-hydroxylation sites is 2. The number of rotatable bonds is 7. The van der Waals surface area contributed by atoms with Crippen LogP contribution >= 0.6 is 0 Å². The van der Waals surface area contributed by atoms with Gasteiger partial charge in [0.25, 0.3) is 0 Å². The van der Waals surface area contributed by atoms with Crippen LogP contribution in [0.25, 0.3) is 33.9 Å². The summed E-state index contributed by atoms with van der Waals surface area (Å²) in [5.74, 6) is 3.99. The molecule has 4 nitrogen and oxygen atoms in total. The van der Waals surface area contributed by atoms with Crippen LogP contribution in [-0.4, -0.2) is 9.97 Å². The largest absolute Gasteiger partial charge is 0.457 e. The zero-order valence-corrected chi connectivity index (χ0v) is 20.0. The molecule has 5 aromatic carbocycles. The van der Waals surface area contributed by atoms with Gasteiger partial charge in [0.15, 0.2) is 0 Å². The number of hydrogen-bond acceptors (Lipinski definition) is 3. The van der Waals surface area contributed by atoms with Crippen LogP contribution < -0.4 is 9.47 Å². The lowest BCUT2D eigenvalue weighted by atomic mass is 10.0. The maximum Gasteiger partial charge on any atom is 0.138 e. The summed E-state index contributed by atoms with van der Waals surface area (Å²) in [5.41, 5.74) is 4.87. The maximum absolute atomic E-state index is 5.98. The van der Waals surface area contributed by atoms with Gasteiger partial charge < -0.3 is 14.5 Å². The Balaban J connectivity index is 1.33. The smallest absolute Gasteiger partial charge is 0.138 e. The highest BCUT2D eigenvalue weighted by Gasteiger charge is 2.16. The van der Waals surface area contributed by atoms with Gasteiger partial charge >= 0.3 is 0 Å². The lowest BCUT2D eigenvalue weighted by Crippen LogP contribution is -1.87. The molecule has 1 aromatic heterocycles. The number of aromatic amines is 1. The summed E-state index contributed by atoms with van der Waals surface area (Å²) < 4.78 is 12.0. The molecule has 0 aliphatic carbocycles. The van der Waals surface area contributed by atoms with Gasteiger partial charge in [-0.05, 0) is 72.8 Å². The molecule has 0 amide bonds. The molecule has 0 atom stereocenters. The Hall–Kier alpha value is -5.09. The number of aromatic nitrogens is 2. The standard InChI is InChI=1S/C33H24N2O2/c1-4-10-26(11-5-1)33-34-31(24-16-20-29(21-17-24)36-27-12-6-2-7-13-27)32(35-33)25-18-22-30(23-19-25)37-28-14-8-3-9-15-28/h1-23H,(H,34,35). The number of benzene rings is 5. The lowest BCUT2D eigenvalue weighted by molar-refractivity contribution is 0.482. The summed E-state index contributed by atoms with van der Waals surface area (Å²) in [6.07, 6.45) is 0. The summed E-state index contributed by atoms with van der Waals surface area (Å²) in [4.78, 5) is 8.56. The Kier molecular flexibility index (Phi) is 6.21. The topological polar surface area (TPSA) is 47.1 Å². The first kappa shape index (κ1) is 22.4. The third-order valence-electron chi connectivity index (χ3n) is 5.98. The third-order valence-corrected chi connectivity index (χ3v) is 5.98. The van der Waals surface area contributed by atoms with Crippen LogP contribution in [0.1, 0.15) is 0 Å². The fourth-order valence-corrected chi connectivity index (χ4v) is 4.14. The molecule has 0 aliphatic rings. The Bertz CT molecular complexity index is 1470. The van der Waals surface area contributed by atoms with Gasteiger partial charge in [-0.25, -0.2) is 4.98 Å². The molecule has 0 saturated carbocycles. The highest BCUT2D eigenvalue weighted by atomic mass is 16.5. The van der Waals surface area contributed by atoms with Crippen molar-refractivity contribution in [3.63, 3.8) is 0 Å². The molecule has 0 fully saturated rings. The number of hydrogen-bond donors (Lipinski definition) is 1. The van der Waals surface area contributed by atoms with Gasteiger partial charge in [0, 0.05) is 16.7 Å². The van der Waals surface area contributed by atoms with Gasteiger partial charge in [-0.15, -0.1) is 0 Å². The van der Waals surface area contributed by atoms with E-state index >= 15 is 0 Å². The maximum atomic E-state index is 5.98. The van der Waals surface area contributed by atoms with Gasteiger partial charge in [-0.3, -0.25) is 0 Å². The van der Waals surface area contributed by atoms with Gasteiger partial charge in [-0.1, -0.05) is 66.7 Å². The second-order valence-corrected chi connectivity index (χ2v) is 8.55. The minimum Gasteiger partial charge on any atom is -0.457 e. The van der Waals surface area contributed by atoms with Crippen LogP contribution in [0.5, 0.6) is 23.0 Å². The second kappa shape index (κ2) is 10.3. The van der Waals surface area contributed by atoms with Crippen molar-refractivity contribution in [1.29, 1.82) is 0 Å². The fourth-order valence-electron chi connectivity index (χ4n) is 4.14. The SMILES string of the molecule is c1ccc(Oc2ccc(-c3nc(-c4ccccc4)[nH]c3-c3ccc(Oc4ccccc4)cc3)cc2)cc1. The van der Waals surface area contributed by atoms with E-state index in [1.807, 2.05) is 115 Å². The zero-order valence-electron chi connectivity index (χ0n) is 20.0. The number of ether oxygens (including phenoxy) is 2. The molecular weight excluding hydrogens is 456 g/mol. The van der Waals surface area contributed by atoms with Crippen molar-refractivity contribution in [2.75, 3.05) is 0 Å². The molecule has 0 aliphatic heterocycles. The van der Waals surface area contributed by atoms with E-state index in [1.165, 1.54) is 0 Å². The first-order chi connectivity index (χ1) is 18.3. The monoisotopic (exact) mass is 480 g/mol. The Labute approximate surface area is 215 Å². The summed E-state index contributed by atoms with van der Waals surface area (Å²) in [5, 5.41) is 0. The van der Waals surface area contributed by atoms with Crippen molar-refractivity contribution in [3.8, 4) is 56.9 Å². The summed E-state index contributed by atoms with van der Waals surface area (Å²) in [6.45, 7) is 0. The van der Waals surface area contributed by atoms with Crippen molar-refractivity contribution in [2.24, 2.45) is 0 Å². The fraction of sp³-hybridized carbons (Fsp3) is 0. The Morgan fingerprint density at radius 3 is 1.35 bits per heavy atom.